The van der Waals surface area contributed by atoms with E-state index in [4.69, 9.17) is 9.15 Å². The first-order valence-electron chi connectivity index (χ1n) is 7.57. The number of ether oxygens (including phenoxy) is 1. The van der Waals surface area contributed by atoms with E-state index < -0.39 is 0 Å². The van der Waals surface area contributed by atoms with Crippen LogP contribution in [-0.2, 0) is 9.53 Å². The number of methoxy groups -OCH3 is 1. The number of hydrogen-bond acceptors (Lipinski definition) is 7. The van der Waals surface area contributed by atoms with Gasteiger partial charge in [0.1, 0.15) is 6.61 Å². The second-order valence-electron chi connectivity index (χ2n) is 5.45. The number of hydrogen-bond donors (Lipinski definition) is 0. The average molecular weight is 336 g/mol. The molecule has 3 heterocycles. The van der Waals surface area contributed by atoms with Crippen molar-refractivity contribution in [2.24, 2.45) is 0 Å². The summed E-state index contributed by atoms with van der Waals surface area (Å²) in [6.45, 7) is 5.15. The molecule has 1 amide bonds. The van der Waals surface area contributed by atoms with Gasteiger partial charge in [-0.2, -0.15) is 0 Å². The number of amides is 1. The van der Waals surface area contributed by atoms with Gasteiger partial charge in [0, 0.05) is 33.3 Å². The topological polar surface area (TPSA) is 71.7 Å². The van der Waals surface area contributed by atoms with E-state index in [0.29, 0.717) is 24.9 Å². The zero-order chi connectivity index (χ0) is 16.2. The summed E-state index contributed by atoms with van der Waals surface area (Å²) in [5, 5.41) is 10.3. The summed E-state index contributed by atoms with van der Waals surface area (Å²) >= 11 is 1.58. The number of thiophene rings is 1. The summed E-state index contributed by atoms with van der Waals surface area (Å²) < 4.78 is 10.7. The monoisotopic (exact) mass is 336 g/mol. The average Bonchev–Trinajstić information content (AvgIpc) is 3.25. The van der Waals surface area contributed by atoms with Crippen LogP contribution in [0.15, 0.2) is 21.9 Å². The minimum atomic E-state index is 0.0379. The number of carbonyl (C=O) groups excluding carboxylic acids is 1. The molecule has 0 aliphatic carbocycles. The number of rotatable bonds is 5. The van der Waals surface area contributed by atoms with Crippen molar-refractivity contribution in [2.75, 3.05) is 39.9 Å². The van der Waals surface area contributed by atoms with Gasteiger partial charge in [-0.25, -0.2) is 0 Å². The third kappa shape index (κ3) is 3.60. The van der Waals surface area contributed by atoms with Gasteiger partial charge >= 0.3 is 0 Å². The molecule has 124 valence electrons. The van der Waals surface area contributed by atoms with Crippen LogP contribution in [0.1, 0.15) is 18.9 Å². The van der Waals surface area contributed by atoms with Crippen LogP contribution < -0.4 is 0 Å². The van der Waals surface area contributed by atoms with Gasteiger partial charge < -0.3 is 14.1 Å². The molecule has 2 aromatic heterocycles. The molecule has 0 spiro atoms. The van der Waals surface area contributed by atoms with Gasteiger partial charge in [0.25, 0.3) is 5.89 Å². The predicted octanol–water partition coefficient (Wildman–Crippen LogP) is 1.65. The minimum Gasteiger partial charge on any atom is -0.418 e. The number of aromatic nitrogens is 2. The van der Waals surface area contributed by atoms with Crippen molar-refractivity contribution in [1.29, 1.82) is 0 Å². The fraction of sp³-hybridized carbons (Fsp3) is 0.533. The maximum atomic E-state index is 11.8. The lowest BCUT2D eigenvalue weighted by Gasteiger charge is -2.36. The van der Waals surface area contributed by atoms with Crippen molar-refractivity contribution in [1.82, 2.24) is 20.0 Å². The lowest BCUT2D eigenvalue weighted by atomic mass is 10.2. The van der Waals surface area contributed by atoms with Gasteiger partial charge in [0.05, 0.1) is 10.9 Å². The Morgan fingerprint density at radius 2 is 2.17 bits per heavy atom. The molecular formula is C15H20N4O3S. The molecule has 3 rings (SSSR count). The molecule has 1 fully saturated rings. The van der Waals surface area contributed by atoms with E-state index in [1.54, 1.807) is 11.3 Å². The molecule has 0 unspecified atom stereocenters. The van der Waals surface area contributed by atoms with Crippen LogP contribution in [-0.4, -0.2) is 65.8 Å². The summed E-state index contributed by atoms with van der Waals surface area (Å²) in [4.78, 5) is 16.9. The molecule has 23 heavy (non-hydrogen) atoms. The Labute approximate surface area is 138 Å². The molecule has 1 aliphatic rings. The maximum absolute atomic E-state index is 11.8. The molecular weight excluding hydrogens is 316 g/mol. The van der Waals surface area contributed by atoms with Crippen LogP contribution in [0.25, 0.3) is 10.8 Å². The van der Waals surface area contributed by atoms with Crippen LogP contribution >= 0.6 is 11.3 Å². The summed E-state index contributed by atoms with van der Waals surface area (Å²) in [7, 11) is 1.54. The Morgan fingerprint density at radius 3 is 2.83 bits per heavy atom. The largest absolute Gasteiger partial charge is 0.418 e. The van der Waals surface area contributed by atoms with Crippen molar-refractivity contribution < 1.29 is 13.9 Å². The fourth-order valence-corrected chi connectivity index (χ4v) is 3.28. The summed E-state index contributed by atoms with van der Waals surface area (Å²) in [5.41, 5.74) is 0. The van der Waals surface area contributed by atoms with E-state index in [1.165, 1.54) is 7.11 Å². The number of nitrogens with zero attached hydrogens (tertiary/aromatic N) is 4. The first-order chi connectivity index (χ1) is 11.2. The van der Waals surface area contributed by atoms with Gasteiger partial charge in [0.15, 0.2) is 0 Å². The van der Waals surface area contributed by atoms with Crippen molar-refractivity contribution in [3.05, 3.63) is 23.4 Å². The first-order valence-corrected chi connectivity index (χ1v) is 8.45. The van der Waals surface area contributed by atoms with E-state index in [0.717, 1.165) is 18.0 Å². The minimum absolute atomic E-state index is 0.0379. The normalized spacial score (nSPS) is 17.4. The van der Waals surface area contributed by atoms with Crippen LogP contribution in [0.5, 0.6) is 0 Å². The lowest BCUT2D eigenvalue weighted by molar-refractivity contribution is -0.137. The van der Waals surface area contributed by atoms with Gasteiger partial charge in [-0.1, -0.05) is 6.07 Å². The fourth-order valence-electron chi connectivity index (χ4n) is 2.63. The van der Waals surface area contributed by atoms with Crippen molar-refractivity contribution in [2.45, 2.75) is 13.0 Å². The highest BCUT2D eigenvalue weighted by Gasteiger charge is 2.27. The van der Waals surface area contributed by atoms with Gasteiger partial charge in [-0.05, 0) is 18.4 Å². The second-order valence-corrected chi connectivity index (χ2v) is 6.40. The molecule has 8 heteroatoms. The van der Waals surface area contributed by atoms with Crippen LogP contribution in [0, 0.1) is 0 Å². The van der Waals surface area contributed by atoms with Crippen molar-refractivity contribution >= 4 is 17.2 Å². The van der Waals surface area contributed by atoms with E-state index in [2.05, 4.69) is 22.0 Å². The molecule has 0 aromatic carbocycles. The summed E-state index contributed by atoms with van der Waals surface area (Å²) in [5.74, 6) is 1.22. The third-order valence-corrected chi connectivity index (χ3v) is 4.87. The van der Waals surface area contributed by atoms with E-state index in [1.807, 2.05) is 22.4 Å². The van der Waals surface area contributed by atoms with E-state index >= 15 is 0 Å². The lowest BCUT2D eigenvalue weighted by Crippen LogP contribution is -2.50. The highest BCUT2D eigenvalue weighted by Crippen LogP contribution is 2.27. The Hall–Kier alpha value is -1.77. The number of carbonyl (C=O) groups is 1. The molecule has 1 aliphatic heterocycles. The quantitative estimate of drug-likeness (QED) is 0.827. The summed E-state index contributed by atoms with van der Waals surface area (Å²) in [6.07, 6.45) is 0. The maximum Gasteiger partial charge on any atom is 0.257 e. The highest BCUT2D eigenvalue weighted by molar-refractivity contribution is 7.13. The van der Waals surface area contributed by atoms with E-state index in [9.17, 15) is 4.79 Å². The molecule has 0 saturated carbocycles. The number of piperazine rings is 1. The van der Waals surface area contributed by atoms with Crippen LogP contribution in [0.4, 0.5) is 0 Å². The Bertz CT molecular complexity index is 635. The van der Waals surface area contributed by atoms with Gasteiger partial charge in [-0.3, -0.25) is 9.69 Å². The molecule has 0 bridgehead atoms. The molecule has 2 aromatic rings. The summed E-state index contributed by atoms with van der Waals surface area (Å²) in [6, 6.07) is 3.96. The standard InChI is InChI=1S/C15H20N4O3S/c1-11(14-16-17-15(22-14)12-4-3-9-23-12)18-5-7-19(8-6-18)13(20)10-21-2/h3-4,9,11H,5-8,10H2,1-2H3/t11-/m1/s1. The third-order valence-electron chi connectivity index (χ3n) is 4.01. The zero-order valence-corrected chi connectivity index (χ0v) is 14.1. The van der Waals surface area contributed by atoms with Gasteiger partial charge in [-0.15, -0.1) is 21.5 Å². The molecule has 7 nitrogen and oxygen atoms in total. The Morgan fingerprint density at radius 1 is 1.39 bits per heavy atom. The van der Waals surface area contributed by atoms with Crippen molar-refractivity contribution in [3.8, 4) is 10.8 Å². The molecule has 0 radical (unpaired) electrons. The molecule has 1 atom stereocenters. The smallest absolute Gasteiger partial charge is 0.257 e. The van der Waals surface area contributed by atoms with E-state index in [-0.39, 0.29) is 18.6 Å². The molecule has 1 saturated heterocycles. The second kappa shape index (κ2) is 7.20. The zero-order valence-electron chi connectivity index (χ0n) is 13.3. The van der Waals surface area contributed by atoms with Crippen LogP contribution in [0.2, 0.25) is 0 Å². The Balaban J connectivity index is 1.59. The van der Waals surface area contributed by atoms with Crippen molar-refractivity contribution in [3.63, 3.8) is 0 Å². The molecule has 0 N–H and O–H groups in total. The SMILES string of the molecule is COCC(=O)N1CCN([C@H](C)c2nnc(-c3cccs3)o2)CC1. The predicted molar refractivity (Wildman–Crippen MR) is 86.1 cm³/mol. The highest BCUT2D eigenvalue weighted by atomic mass is 32.1. The first kappa shape index (κ1) is 16.1. The van der Waals surface area contributed by atoms with Gasteiger partial charge in [0.2, 0.25) is 11.8 Å². The Kier molecular flexibility index (Phi) is 5.04. The van der Waals surface area contributed by atoms with Crippen LogP contribution in [0.3, 0.4) is 0 Å².